The van der Waals surface area contributed by atoms with Crippen molar-refractivity contribution in [2.45, 2.75) is 33.2 Å². The molecule has 1 fully saturated rings. The highest BCUT2D eigenvalue weighted by Gasteiger charge is 2.30. The Morgan fingerprint density at radius 3 is 2.59 bits per heavy atom. The summed E-state index contributed by atoms with van der Waals surface area (Å²) in [6.45, 7) is 10.5. The van der Waals surface area contributed by atoms with Gasteiger partial charge in [-0.3, -0.25) is 9.69 Å². The maximum Gasteiger partial charge on any atom is 0.240 e. The molecule has 0 aromatic rings. The second-order valence-corrected chi connectivity index (χ2v) is 6.30. The molecule has 1 aliphatic heterocycles. The number of carbonyl (C=O) groups is 1. The number of likely N-dealkylation sites (N-methyl/N-ethyl adjacent to an activating group) is 1. The van der Waals surface area contributed by atoms with Gasteiger partial charge in [0.15, 0.2) is 0 Å². The lowest BCUT2D eigenvalue weighted by atomic mass is 9.91. The number of carbonyl (C=O) groups excluding carboxylic acids is 1. The van der Waals surface area contributed by atoms with Gasteiger partial charge in [-0.25, -0.2) is 0 Å². The Morgan fingerprint density at radius 2 is 2.06 bits per heavy atom. The van der Waals surface area contributed by atoms with E-state index in [2.05, 4.69) is 31.0 Å². The molecule has 4 nitrogen and oxygen atoms in total. The van der Waals surface area contributed by atoms with Crippen molar-refractivity contribution in [3.63, 3.8) is 0 Å². The number of piperazine rings is 1. The molecule has 1 atom stereocenters. The Balaban J connectivity index is 2.57. The quantitative estimate of drug-likeness (QED) is 0.793. The fourth-order valence-corrected chi connectivity index (χ4v) is 2.03. The van der Waals surface area contributed by atoms with E-state index in [-0.39, 0.29) is 11.9 Å². The molecule has 1 unspecified atom stereocenters. The maximum absolute atomic E-state index is 12.1. The number of hydrogen-bond acceptors (Lipinski definition) is 3. The zero-order valence-electron chi connectivity index (χ0n) is 11.9. The second kappa shape index (κ2) is 5.83. The van der Waals surface area contributed by atoms with Crippen LogP contribution in [0.5, 0.6) is 0 Å². The van der Waals surface area contributed by atoms with E-state index in [9.17, 15) is 4.79 Å². The van der Waals surface area contributed by atoms with Crippen LogP contribution in [0.1, 0.15) is 27.2 Å². The lowest BCUT2D eigenvalue weighted by molar-refractivity contribution is -0.135. The summed E-state index contributed by atoms with van der Waals surface area (Å²) in [6, 6.07) is 0.0149. The van der Waals surface area contributed by atoms with Crippen molar-refractivity contribution in [3.8, 4) is 0 Å². The normalized spacial score (nSPS) is 22.5. The first kappa shape index (κ1) is 14.5. The Morgan fingerprint density at radius 1 is 1.41 bits per heavy atom. The van der Waals surface area contributed by atoms with Crippen molar-refractivity contribution in [2.24, 2.45) is 5.41 Å². The van der Waals surface area contributed by atoms with Gasteiger partial charge in [-0.05, 0) is 18.4 Å². The molecule has 100 valence electrons. The van der Waals surface area contributed by atoms with Crippen molar-refractivity contribution < 1.29 is 4.79 Å². The molecular formula is C13H27N3O. The van der Waals surface area contributed by atoms with E-state index < -0.39 is 0 Å². The molecule has 1 aliphatic rings. The molecule has 0 aromatic heterocycles. The Bertz CT molecular complexity index is 258. The summed E-state index contributed by atoms with van der Waals surface area (Å²) >= 11 is 0. The summed E-state index contributed by atoms with van der Waals surface area (Å²) in [6.07, 6.45) is 1.13. The molecule has 17 heavy (non-hydrogen) atoms. The highest BCUT2D eigenvalue weighted by atomic mass is 16.2. The van der Waals surface area contributed by atoms with Crippen LogP contribution in [-0.2, 0) is 4.79 Å². The van der Waals surface area contributed by atoms with Crippen LogP contribution in [0.15, 0.2) is 0 Å². The van der Waals surface area contributed by atoms with E-state index >= 15 is 0 Å². The third-order valence-electron chi connectivity index (χ3n) is 3.23. The lowest BCUT2D eigenvalue weighted by Crippen LogP contribution is -2.57. The number of amides is 1. The molecule has 0 radical (unpaired) electrons. The Hall–Kier alpha value is -0.610. The zero-order chi connectivity index (χ0) is 13.1. The number of nitrogens with zero attached hydrogens (tertiary/aromatic N) is 2. The van der Waals surface area contributed by atoms with E-state index in [0.717, 1.165) is 32.6 Å². The van der Waals surface area contributed by atoms with Crippen molar-refractivity contribution >= 4 is 5.91 Å². The van der Waals surface area contributed by atoms with Gasteiger partial charge in [0.2, 0.25) is 5.91 Å². The highest BCUT2D eigenvalue weighted by Crippen LogP contribution is 2.20. The first-order chi connectivity index (χ1) is 7.81. The summed E-state index contributed by atoms with van der Waals surface area (Å²) in [5.41, 5.74) is 0.330. The van der Waals surface area contributed by atoms with Gasteiger partial charge in [0.25, 0.3) is 0 Å². The molecule has 4 heteroatoms. The third kappa shape index (κ3) is 4.64. The van der Waals surface area contributed by atoms with E-state index in [1.54, 1.807) is 4.90 Å². The molecule has 1 N–H and O–H groups in total. The monoisotopic (exact) mass is 241 g/mol. The highest BCUT2D eigenvalue weighted by molar-refractivity contribution is 5.81. The standard InChI is InChI=1S/C13H27N3O/c1-13(2,3)6-8-16-9-7-14-10-11(16)12(17)15(4)5/h11,14H,6-10H2,1-5H3. The molecule has 0 bridgehead atoms. The average molecular weight is 241 g/mol. The molecular weight excluding hydrogens is 214 g/mol. The molecule has 0 saturated carbocycles. The van der Waals surface area contributed by atoms with E-state index in [1.165, 1.54) is 0 Å². The predicted molar refractivity (Wildman–Crippen MR) is 71.0 cm³/mol. The Kier molecular flexibility index (Phi) is 4.95. The van der Waals surface area contributed by atoms with Crippen LogP contribution >= 0.6 is 0 Å². The van der Waals surface area contributed by atoms with Crippen LogP contribution in [0.3, 0.4) is 0 Å². The summed E-state index contributed by atoms with van der Waals surface area (Å²) in [5, 5.41) is 3.31. The van der Waals surface area contributed by atoms with Gasteiger partial charge in [0.1, 0.15) is 6.04 Å². The minimum absolute atomic E-state index is 0.0149. The smallest absolute Gasteiger partial charge is 0.240 e. The molecule has 1 rings (SSSR count). The summed E-state index contributed by atoms with van der Waals surface area (Å²) < 4.78 is 0. The van der Waals surface area contributed by atoms with Gasteiger partial charge in [-0.1, -0.05) is 20.8 Å². The van der Waals surface area contributed by atoms with Gasteiger partial charge in [-0.2, -0.15) is 0 Å². The first-order valence-electron chi connectivity index (χ1n) is 6.47. The molecule has 0 aromatic carbocycles. The van der Waals surface area contributed by atoms with Crippen LogP contribution < -0.4 is 5.32 Å². The first-order valence-corrected chi connectivity index (χ1v) is 6.47. The SMILES string of the molecule is CN(C)C(=O)C1CNCCN1CCC(C)(C)C. The number of nitrogens with one attached hydrogen (secondary N) is 1. The van der Waals surface area contributed by atoms with Gasteiger partial charge in [0, 0.05) is 33.7 Å². The minimum Gasteiger partial charge on any atom is -0.347 e. The van der Waals surface area contributed by atoms with Gasteiger partial charge in [-0.15, -0.1) is 0 Å². The summed E-state index contributed by atoms with van der Waals surface area (Å²) in [5.74, 6) is 0.214. The van der Waals surface area contributed by atoms with Crippen molar-refractivity contribution in [3.05, 3.63) is 0 Å². The predicted octanol–water partition coefficient (Wildman–Crippen LogP) is 0.785. The van der Waals surface area contributed by atoms with Crippen LogP contribution in [0, 0.1) is 5.41 Å². The maximum atomic E-state index is 12.1. The molecule has 1 amide bonds. The Labute approximate surface area is 105 Å². The topological polar surface area (TPSA) is 35.6 Å². The van der Waals surface area contributed by atoms with Gasteiger partial charge in [0.05, 0.1) is 0 Å². The van der Waals surface area contributed by atoms with Crippen molar-refractivity contribution in [1.29, 1.82) is 0 Å². The van der Waals surface area contributed by atoms with E-state index in [4.69, 9.17) is 0 Å². The van der Waals surface area contributed by atoms with Crippen LogP contribution in [0.2, 0.25) is 0 Å². The van der Waals surface area contributed by atoms with Crippen LogP contribution in [-0.4, -0.2) is 62.0 Å². The average Bonchev–Trinajstić information content (AvgIpc) is 2.24. The van der Waals surface area contributed by atoms with Crippen LogP contribution in [0.4, 0.5) is 0 Å². The fourth-order valence-electron chi connectivity index (χ4n) is 2.03. The third-order valence-corrected chi connectivity index (χ3v) is 3.23. The summed E-state index contributed by atoms with van der Waals surface area (Å²) in [4.78, 5) is 16.1. The molecule has 0 aliphatic carbocycles. The number of rotatable bonds is 3. The summed E-state index contributed by atoms with van der Waals surface area (Å²) in [7, 11) is 3.66. The molecule has 1 saturated heterocycles. The van der Waals surface area contributed by atoms with Crippen molar-refractivity contribution in [2.75, 3.05) is 40.3 Å². The lowest BCUT2D eigenvalue weighted by Gasteiger charge is -2.37. The van der Waals surface area contributed by atoms with Gasteiger partial charge >= 0.3 is 0 Å². The van der Waals surface area contributed by atoms with E-state index in [0.29, 0.717) is 5.41 Å². The van der Waals surface area contributed by atoms with E-state index in [1.807, 2.05) is 14.1 Å². The largest absolute Gasteiger partial charge is 0.347 e. The zero-order valence-corrected chi connectivity index (χ0v) is 11.9. The number of hydrogen-bond donors (Lipinski definition) is 1. The second-order valence-electron chi connectivity index (χ2n) is 6.30. The van der Waals surface area contributed by atoms with Gasteiger partial charge < -0.3 is 10.2 Å². The fraction of sp³-hybridized carbons (Fsp3) is 0.923. The molecule has 1 heterocycles. The van der Waals surface area contributed by atoms with Crippen molar-refractivity contribution in [1.82, 2.24) is 15.1 Å². The molecule has 0 spiro atoms. The van der Waals surface area contributed by atoms with Crippen LogP contribution in [0.25, 0.3) is 0 Å². The minimum atomic E-state index is 0.0149.